The first kappa shape index (κ1) is 45.1. The Morgan fingerprint density at radius 1 is 0.667 bits per heavy atom. The molecule has 2 heterocycles. The van der Waals surface area contributed by atoms with Crippen molar-refractivity contribution < 1.29 is 66.7 Å². The summed E-state index contributed by atoms with van der Waals surface area (Å²) in [7, 11) is 0. The smallest absolute Gasteiger partial charge is 0.264 e. The number of hydrogen-bond acceptors (Lipinski definition) is 14. The first-order valence-corrected chi connectivity index (χ1v) is 19.3. The first-order valence-electron chi connectivity index (χ1n) is 19.3. The van der Waals surface area contributed by atoms with Crippen LogP contribution in [-0.2, 0) is 47.5 Å². The zero-order valence-electron chi connectivity index (χ0n) is 32.2. The molecule has 0 spiro atoms. The van der Waals surface area contributed by atoms with Crippen molar-refractivity contribution in [1.29, 1.82) is 0 Å². The number of benzene rings is 2. The molecule has 0 bridgehead atoms. The fourth-order valence-electron chi connectivity index (χ4n) is 5.78. The average Bonchev–Trinajstić information content (AvgIpc) is 3.46. The maximum Gasteiger partial charge on any atom is 0.264 e. The minimum absolute atomic E-state index is 0.0265. The van der Waals surface area contributed by atoms with Gasteiger partial charge in [-0.15, -0.1) is 0 Å². The number of amides is 5. The van der Waals surface area contributed by atoms with Gasteiger partial charge in [0.05, 0.1) is 103 Å². The van der Waals surface area contributed by atoms with Gasteiger partial charge in [-0.3, -0.25) is 39.0 Å². The van der Waals surface area contributed by atoms with Crippen LogP contribution in [0.1, 0.15) is 69.6 Å². The average molecular weight is 800 g/mol. The minimum atomic E-state index is -1.08. The Labute approximate surface area is 331 Å². The maximum absolute atomic E-state index is 13.2. The van der Waals surface area contributed by atoms with E-state index >= 15 is 0 Å². The highest BCUT2D eigenvalue weighted by Gasteiger charge is 2.45. The topological polar surface area (TPSA) is 204 Å². The lowest BCUT2D eigenvalue weighted by atomic mass is 10.0. The molecule has 2 N–H and O–H groups in total. The fourth-order valence-corrected chi connectivity index (χ4v) is 5.78. The number of rotatable bonds is 31. The second-order valence-corrected chi connectivity index (χ2v) is 12.9. The van der Waals surface area contributed by atoms with Gasteiger partial charge < -0.3 is 43.2 Å². The zero-order chi connectivity index (χ0) is 40.5. The monoisotopic (exact) mass is 799 g/mol. The van der Waals surface area contributed by atoms with E-state index in [0.717, 1.165) is 24.0 Å². The van der Waals surface area contributed by atoms with Crippen molar-refractivity contribution in [3.8, 4) is 5.75 Å². The first-order chi connectivity index (χ1) is 27.9. The number of unbranched alkanes of at least 4 members (excludes halogenated alkanes) is 2. The van der Waals surface area contributed by atoms with Crippen LogP contribution in [0.2, 0.25) is 0 Å². The number of imide groups is 2. The molecular formula is C40H53N3O14. The summed E-state index contributed by atoms with van der Waals surface area (Å²) in [6.45, 7) is 6.82. The van der Waals surface area contributed by atoms with Crippen molar-refractivity contribution in [2.75, 3.05) is 104 Å². The van der Waals surface area contributed by atoms with Crippen LogP contribution in [0, 0.1) is 0 Å². The molecule has 0 saturated carbocycles. The summed E-state index contributed by atoms with van der Waals surface area (Å²) in [6.07, 6.45) is 3.22. The maximum atomic E-state index is 13.2. The van der Waals surface area contributed by atoms with Crippen LogP contribution in [0.4, 0.5) is 5.69 Å². The Bertz CT molecular complexity index is 1590. The van der Waals surface area contributed by atoms with Crippen LogP contribution in [0.25, 0.3) is 0 Å². The third kappa shape index (κ3) is 16.0. The molecule has 1 atom stereocenters. The summed E-state index contributed by atoms with van der Waals surface area (Å²) in [5.41, 5.74) is 0.979. The second kappa shape index (κ2) is 26.3. The molecule has 312 valence electrons. The van der Waals surface area contributed by atoms with E-state index in [0.29, 0.717) is 117 Å². The highest BCUT2D eigenvalue weighted by atomic mass is 16.6. The molecule has 57 heavy (non-hydrogen) atoms. The normalized spacial score (nSPS) is 15.2. The number of fused-ring (bicyclic) bond motifs is 1. The summed E-state index contributed by atoms with van der Waals surface area (Å²) in [4.78, 5) is 74.2. The number of ether oxygens (including phenoxy) is 8. The standard InChI is InChI=1S/C40H53N3O14/c44-29-30-8-10-31(11-9-30)57-28-27-56-26-25-55-24-23-54-22-21-53-20-19-52-18-17-51-16-15-50-14-3-1-2-7-35(45)41-33-6-4-5-32-37(33)40(49)43(39(32)48)34-12-13-36(46)42-38(34)47/h4-6,8-11,29,34H,1-3,7,12-28H2,(H,41,45)(H,42,46,47). The lowest BCUT2D eigenvalue weighted by Gasteiger charge is -2.27. The molecule has 4 rings (SSSR count). The molecule has 0 aromatic heterocycles. The van der Waals surface area contributed by atoms with E-state index < -0.39 is 29.7 Å². The minimum Gasteiger partial charge on any atom is -0.491 e. The Morgan fingerprint density at radius 3 is 1.75 bits per heavy atom. The molecular weight excluding hydrogens is 746 g/mol. The van der Waals surface area contributed by atoms with Gasteiger partial charge in [-0.05, 0) is 55.7 Å². The van der Waals surface area contributed by atoms with E-state index in [9.17, 15) is 28.8 Å². The zero-order valence-corrected chi connectivity index (χ0v) is 32.2. The molecule has 5 amide bonds. The van der Waals surface area contributed by atoms with Gasteiger partial charge in [0.2, 0.25) is 17.7 Å². The SMILES string of the molecule is O=Cc1ccc(OCCOCCOCCOCCOCCOCCOCCOCCCCCC(=O)Nc2cccc3c2C(=O)N(C2CCC(=O)NC2=O)C3=O)cc1. The molecule has 0 aliphatic carbocycles. The van der Waals surface area contributed by atoms with Crippen LogP contribution in [0.5, 0.6) is 5.75 Å². The third-order valence-electron chi connectivity index (χ3n) is 8.68. The summed E-state index contributed by atoms with van der Waals surface area (Å²) in [5.74, 6) is -2.04. The van der Waals surface area contributed by atoms with E-state index in [1.807, 2.05) is 0 Å². The number of carbonyl (C=O) groups excluding carboxylic acids is 6. The summed E-state index contributed by atoms with van der Waals surface area (Å²) in [5, 5.41) is 4.90. The second-order valence-electron chi connectivity index (χ2n) is 12.9. The van der Waals surface area contributed by atoms with Gasteiger partial charge in [-0.1, -0.05) is 12.5 Å². The third-order valence-corrected chi connectivity index (χ3v) is 8.68. The van der Waals surface area contributed by atoms with E-state index in [-0.39, 0.29) is 42.0 Å². The number of aldehydes is 1. The molecule has 1 fully saturated rings. The number of anilines is 1. The van der Waals surface area contributed by atoms with Crippen molar-refractivity contribution in [1.82, 2.24) is 10.2 Å². The molecule has 1 saturated heterocycles. The van der Waals surface area contributed by atoms with Crippen LogP contribution >= 0.6 is 0 Å². The Balaban J connectivity index is 0.866. The van der Waals surface area contributed by atoms with E-state index in [2.05, 4.69) is 10.6 Å². The van der Waals surface area contributed by atoms with E-state index in [1.54, 1.807) is 36.4 Å². The van der Waals surface area contributed by atoms with Crippen LogP contribution in [0.3, 0.4) is 0 Å². The van der Waals surface area contributed by atoms with Gasteiger partial charge in [-0.2, -0.15) is 0 Å². The molecule has 1 unspecified atom stereocenters. The molecule has 17 heteroatoms. The van der Waals surface area contributed by atoms with Crippen LogP contribution < -0.4 is 15.4 Å². The molecule has 2 aliphatic rings. The van der Waals surface area contributed by atoms with Gasteiger partial charge in [-0.25, -0.2) is 0 Å². The predicted molar refractivity (Wildman–Crippen MR) is 203 cm³/mol. The highest BCUT2D eigenvalue weighted by Crippen LogP contribution is 2.32. The Kier molecular flexibility index (Phi) is 20.8. The highest BCUT2D eigenvalue weighted by molar-refractivity contribution is 6.26. The molecule has 2 aliphatic heterocycles. The summed E-state index contributed by atoms with van der Waals surface area (Å²) >= 11 is 0. The number of hydrogen-bond donors (Lipinski definition) is 2. The number of nitrogens with one attached hydrogen (secondary N) is 2. The largest absolute Gasteiger partial charge is 0.491 e. The van der Waals surface area contributed by atoms with Crippen LogP contribution in [0.15, 0.2) is 42.5 Å². The summed E-state index contributed by atoms with van der Waals surface area (Å²) < 4.78 is 44.0. The van der Waals surface area contributed by atoms with Crippen molar-refractivity contribution in [2.45, 2.75) is 44.6 Å². The lowest BCUT2D eigenvalue weighted by Crippen LogP contribution is -2.54. The van der Waals surface area contributed by atoms with Gasteiger partial charge in [0, 0.05) is 25.0 Å². The Morgan fingerprint density at radius 2 is 1.21 bits per heavy atom. The molecule has 2 aromatic carbocycles. The Hall–Kier alpha value is -4.62. The number of carbonyl (C=O) groups is 6. The van der Waals surface area contributed by atoms with Crippen molar-refractivity contribution in [3.63, 3.8) is 0 Å². The molecule has 17 nitrogen and oxygen atoms in total. The van der Waals surface area contributed by atoms with Crippen LogP contribution in [-0.4, -0.2) is 146 Å². The van der Waals surface area contributed by atoms with Gasteiger partial charge >= 0.3 is 0 Å². The fraction of sp³-hybridized carbons (Fsp3) is 0.550. The summed E-state index contributed by atoms with van der Waals surface area (Å²) in [6, 6.07) is 10.4. The van der Waals surface area contributed by atoms with Gasteiger partial charge in [0.25, 0.3) is 11.8 Å². The quantitative estimate of drug-likeness (QED) is 0.0640. The van der Waals surface area contributed by atoms with Crippen molar-refractivity contribution in [2.24, 2.45) is 0 Å². The van der Waals surface area contributed by atoms with E-state index in [4.69, 9.17) is 37.9 Å². The van der Waals surface area contributed by atoms with E-state index in [1.165, 1.54) is 6.07 Å². The molecule has 0 radical (unpaired) electrons. The van der Waals surface area contributed by atoms with Crippen molar-refractivity contribution >= 4 is 41.5 Å². The molecule has 2 aromatic rings. The lowest BCUT2D eigenvalue weighted by molar-refractivity contribution is -0.136. The number of nitrogens with zero attached hydrogens (tertiary/aromatic N) is 1. The predicted octanol–water partition coefficient (Wildman–Crippen LogP) is 2.59. The number of piperidine rings is 1. The van der Waals surface area contributed by atoms with Gasteiger partial charge in [0.15, 0.2) is 0 Å². The van der Waals surface area contributed by atoms with Crippen molar-refractivity contribution in [3.05, 3.63) is 59.2 Å². The van der Waals surface area contributed by atoms with Gasteiger partial charge in [0.1, 0.15) is 24.7 Å².